The second-order valence-electron chi connectivity index (χ2n) is 1.50. The number of hydrogen-bond acceptors (Lipinski definition) is 1. The summed E-state index contributed by atoms with van der Waals surface area (Å²) in [6.45, 7) is 6.16. The minimum atomic E-state index is -0.00231. The van der Waals surface area contributed by atoms with Crippen LogP contribution in [0.15, 0.2) is 0 Å². The van der Waals surface area contributed by atoms with E-state index in [-0.39, 0.29) is 5.09 Å². The fourth-order valence-electron chi connectivity index (χ4n) is 0.500. The molecule has 8 heavy (non-hydrogen) atoms. The molecule has 0 bridgehead atoms. The number of rotatable bonds is 3. The summed E-state index contributed by atoms with van der Waals surface area (Å²) in [5.74, 6) is 0. The van der Waals surface area contributed by atoms with Crippen LogP contribution in [0.1, 0.15) is 13.8 Å². The first-order valence-electron chi connectivity index (χ1n) is 2.74. The molecule has 0 unspecified atom stereocenters. The van der Waals surface area contributed by atoms with E-state index in [1.165, 1.54) is 0 Å². The van der Waals surface area contributed by atoms with Crippen LogP contribution in [-0.2, 0) is 0 Å². The molecule has 0 radical (unpaired) electrons. The van der Waals surface area contributed by atoms with Gasteiger partial charge in [-0.2, -0.15) is 11.5 Å². The van der Waals surface area contributed by atoms with E-state index in [4.69, 9.17) is 11.5 Å². The van der Waals surface area contributed by atoms with E-state index in [1.54, 1.807) is 0 Å². The Balaban J connectivity index is 3.35. The lowest BCUT2D eigenvalue weighted by atomic mass is 10.3. The summed E-state index contributed by atoms with van der Waals surface area (Å²) in [5, 5.41) is -0.00231. The second-order valence-corrected chi connectivity index (χ2v) is 3.31. The average molecular weight is 198 g/mol. The molecule has 0 aliphatic rings. The minimum Gasteiger partial charge on any atom is -0.319 e. The summed E-state index contributed by atoms with van der Waals surface area (Å²) in [4.78, 5) is 2.10. The highest BCUT2D eigenvalue weighted by atomic mass is 79.9. The molecule has 1 nitrogen and oxygen atoms in total. The van der Waals surface area contributed by atoms with Crippen LogP contribution in [0.4, 0.5) is 0 Å². The third-order valence-electron chi connectivity index (χ3n) is 1.09. The molecule has 0 N–H and O–H groups in total. The van der Waals surface area contributed by atoms with Crippen LogP contribution in [0.5, 0.6) is 0 Å². The maximum atomic E-state index is 5.69. The third-order valence-corrected chi connectivity index (χ3v) is 1.94. The normalized spacial score (nSPS) is 10.1. The van der Waals surface area contributed by atoms with Crippen LogP contribution < -0.4 is 0 Å². The Bertz CT molecular complexity index is 58.0. The first-order chi connectivity index (χ1) is 3.72. The molecule has 0 rings (SSSR count). The van der Waals surface area contributed by atoms with Gasteiger partial charge in [-0.15, -0.1) is 15.8 Å². The Hall–Kier alpha value is 0.795. The van der Waals surface area contributed by atoms with Crippen LogP contribution in [0.25, 0.3) is 0 Å². The van der Waals surface area contributed by atoms with E-state index >= 15 is 0 Å². The first-order valence-corrected chi connectivity index (χ1v) is 4.09. The van der Waals surface area contributed by atoms with Crippen molar-refractivity contribution in [1.82, 2.24) is 4.81 Å². The molecular formula is C4H10BBrClN. The molecule has 0 spiro atoms. The lowest BCUT2D eigenvalue weighted by molar-refractivity contribution is 0.499. The SMILES string of the molecule is CCN(CC)B(Cl)Br. The number of hydrogen-bond donors (Lipinski definition) is 0. The standard InChI is InChI=1S/C4H10BBrClN/c1-3-8(4-2)5(6)7/h3-4H2,1-2H3. The lowest BCUT2D eigenvalue weighted by Gasteiger charge is -2.15. The summed E-state index contributed by atoms with van der Waals surface area (Å²) >= 11 is 8.94. The zero-order chi connectivity index (χ0) is 6.57. The van der Waals surface area contributed by atoms with E-state index < -0.39 is 0 Å². The zero-order valence-electron chi connectivity index (χ0n) is 5.19. The largest absolute Gasteiger partial charge is 0.406 e. The maximum absolute atomic E-state index is 5.69. The highest BCUT2D eigenvalue weighted by Gasteiger charge is 2.12. The van der Waals surface area contributed by atoms with E-state index in [0.717, 1.165) is 13.1 Å². The van der Waals surface area contributed by atoms with Crippen molar-refractivity contribution >= 4 is 32.3 Å². The van der Waals surface area contributed by atoms with Crippen molar-refractivity contribution < 1.29 is 0 Å². The molecule has 0 aliphatic carbocycles. The Kier molecular flexibility index (Phi) is 5.12. The van der Waals surface area contributed by atoms with Gasteiger partial charge in [-0.3, -0.25) is 0 Å². The number of halogens is 2. The molecule has 4 heteroatoms. The van der Waals surface area contributed by atoms with Crippen LogP contribution in [0.2, 0.25) is 0 Å². The molecule has 0 saturated carbocycles. The van der Waals surface area contributed by atoms with Gasteiger partial charge in [0.05, 0.1) is 0 Å². The summed E-state index contributed by atoms with van der Waals surface area (Å²) < 4.78 is 0. The third kappa shape index (κ3) is 2.95. The van der Waals surface area contributed by atoms with Gasteiger partial charge in [-0.25, -0.2) is 0 Å². The van der Waals surface area contributed by atoms with Gasteiger partial charge < -0.3 is 4.81 Å². The predicted molar refractivity (Wildman–Crippen MR) is 43.5 cm³/mol. The van der Waals surface area contributed by atoms with Crippen LogP contribution >= 0.6 is 27.2 Å². The van der Waals surface area contributed by atoms with Crippen molar-refractivity contribution in [3.8, 4) is 0 Å². The molecule has 0 amide bonds. The molecule has 0 saturated heterocycles. The van der Waals surface area contributed by atoms with Crippen molar-refractivity contribution in [3.63, 3.8) is 0 Å². The molecular weight excluding hydrogens is 188 g/mol. The summed E-state index contributed by atoms with van der Waals surface area (Å²) in [5.41, 5.74) is 0. The van der Waals surface area contributed by atoms with Gasteiger partial charge in [0, 0.05) is 0 Å². The highest BCUT2D eigenvalue weighted by molar-refractivity contribution is 9.25. The van der Waals surface area contributed by atoms with E-state index in [0.29, 0.717) is 0 Å². The molecule has 0 atom stereocenters. The Morgan fingerprint density at radius 3 is 1.88 bits per heavy atom. The summed E-state index contributed by atoms with van der Waals surface area (Å²) in [6, 6.07) is 0. The Morgan fingerprint density at radius 2 is 1.88 bits per heavy atom. The highest BCUT2D eigenvalue weighted by Crippen LogP contribution is 2.04. The summed E-state index contributed by atoms with van der Waals surface area (Å²) in [6.07, 6.45) is 0. The van der Waals surface area contributed by atoms with Gasteiger partial charge >= 0.3 is 5.09 Å². The van der Waals surface area contributed by atoms with Gasteiger partial charge in [0.2, 0.25) is 0 Å². The van der Waals surface area contributed by atoms with Crippen molar-refractivity contribution in [2.24, 2.45) is 0 Å². The van der Waals surface area contributed by atoms with Crippen LogP contribution in [-0.4, -0.2) is 23.0 Å². The van der Waals surface area contributed by atoms with Crippen molar-refractivity contribution in [1.29, 1.82) is 0 Å². The van der Waals surface area contributed by atoms with Gasteiger partial charge in [0.25, 0.3) is 0 Å². The monoisotopic (exact) mass is 197 g/mol. The van der Waals surface area contributed by atoms with Gasteiger partial charge in [0.15, 0.2) is 0 Å². The quantitative estimate of drug-likeness (QED) is 0.626. The van der Waals surface area contributed by atoms with Gasteiger partial charge in [-0.1, -0.05) is 13.8 Å². The second kappa shape index (κ2) is 4.65. The molecule has 0 fully saturated rings. The first kappa shape index (κ1) is 8.79. The maximum Gasteiger partial charge on any atom is 0.406 e. The van der Waals surface area contributed by atoms with Crippen molar-refractivity contribution in [2.45, 2.75) is 13.8 Å². The molecule has 0 heterocycles. The molecule has 0 aromatic heterocycles. The van der Waals surface area contributed by atoms with Crippen LogP contribution in [0, 0.1) is 0 Å². The van der Waals surface area contributed by atoms with Crippen molar-refractivity contribution in [2.75, 3.05) is 13.1 Å². The molecule has 0 aromatic carbocycles. The minimum absolute atomic E-state index is 0.00231. The Morgan fingerprint density at radius 1 is 1.50 bits per heavy atom. The smallest absolute Gasteiger partial charge is 0.319 e. The number of nitrogens with zero attached hydrogens (tertiary/aromatic N) is 1. The Labute approximate surface area is 64.4 Å². The van der Waals surface area contributed by atoms with Gasteiger partial charge in [0.1, 0.15) is 0 Å². The van der Waals surface area contributed by atoms with E-state index in [1.807, 2.05) is 0 Å². The fourth-order valence-corrected chi connectivity index (χ4v) is 1.35. The van der Waals surface area contributed by atoms with E-state index in [9.17, 15) is 0 Å². The molecule has 0 aromatic rings. The molecule has 0 aliphatic heterocycles. The van der Waals surface area contributed by atoms with Crippen molar-refractivity contribution in [3.05, 3.63) is 0 Å². The average Bonchev–Trinajstić information content (AvgIpc) is 1.69. The van der Waals surface area contributed by atoms with E-state index in [2.05, 4.69) is 34.4 Å². The van der Waals surface area contributed by atoms with Crippen LogP contribution in [0.3, 0.4) is 0 Å². The molecule has 48 valence electrons. The fraction of sp³-hybridized carbons (Fsp3) is 1.00. The van der Waals surface area contributed by atoms with Gasteiger partial charge in [-0.05, 0) is 13.1 Å². The summed E-state index contributed by atoms with van der Waals surface area (Å²) in [7, 11) is 0. The lowest BCUT2D eigenvalue weighted by Crippen LogP contribution is -2.30. The zero-order valence-corrected chi connectivity index (χ0v) is 7.54. The topological polar surface area (TPSA) is 3.24 Å². The predicted octanol–water partition coefficient (Wildman–Crippen LogP) is 1.95.